The molecule has 0 aliphatic carbocycles. The molecular formula is C8H9O2. The zero-order valence-corrected chi connectivity index (χ0v) is 5.54. The van der Waals surface area contributed by atoms with E-state index in [9.17, 15) is 0 Å². The van der Waals surface area contributed by atoms with Gasteiger partial charge in [0.1, 0.15) is 5.75 Å². The number of benzene rings is 1. The first kappa shape index (κ1) is 7.09. The third-order valence-electron chi connectivity index (χ3n) is 1.26. The van der Waals surface area contributed by atoms with E-state index in [1.165, 1.54) is 0 Å². The standard InChI is InChI=1S/C8H9O2/c9-6-5-7-1-3-8(10)4-2-7/h1-3,9-10H,5-6H2. The molecule has 1 aromatic rings. The molecule has 53 valence electrons. The Labute approximate surface area is 59.7 Å². The lowest BCUT2D eigenvalue weighted by Crippen LogP contribution is -1.88. The van der Waals surface area contributed by atoms with Crippen molar-refractivity contribution in [1.29, 1.82) is 0 Å². The first-order valence-electron chi connectivity index (χ1n) is 3.13. The van der Waals surface area contributed by atoms with Gasteiger partial charge >= 0.3 is 0 Å². The Morgan fingerprint density at radius 1 is 1.40 bits per heavy atom. The maximum atomic E-state index is 8.81. The fourth-order valence-electron chi connectivity index (χ4n) is 0.733. The summed E-state index contributed by atoms with van der Waals surface area (Å²) >= 11 is 0. The Morgan fingerprint density at radius 3 is 2.70 bits per heavy atom. The van der Waals surface area contributed by atoms with Gasteiger partial charge in [-0.25, -0.2) is 0 Å². The molecule has 1 rings (SSSR count). The summed E-state index contributed by atoms with van der Waals surface area (Å²) < 4.78 is 0. The number of hydrogen-bond donors (Lipinski definition) is 2. The second kappa shape index (κ2) is 3.22. The van der Waals surface area contributed by atoms with Crippen LogP contribution in [0.15, 0.2) is 18.2 Å². The molecule has 2 N–H and O–H groups in total. The molecule has 2 nitrogen and oxygen atoms in total. The van der Waals surface area contributed by atoms with Gasteiger partial charge in [-0.1, -0.05) is 6.07 Å². The summed E-state index contributed by atoms with van der Waals surface area (Å²) in [6.45, 7) is 0.138. The van der Waals surface area contributed by atoms with Crippen molar-refractivity contribution in [2.75, 3.05) is 6.61 Å². The Kier molecular flexibility index (Phi) is 2.29. The van der Waals surface area contributed by atoms with E-state index in [2.05, 4.69) is 6.07 Å². The Morgan fingerprint density at radius 2 is 2.20 bits per heavy atom. The predicted octanol–water partition coefficient (Wildman–Crippen LogP) is 0.727. The van der Waals surface area contributed by atoms with Crippen LogP contribution in [0.4, 0.5) is 0 Å². The van der Waals surface area contributed by atoms with Crippen LogP contribution >= 0.6 is 0 Å². The summed E-state index contributed by atoms with van der Waals surface area (Å²) in [5, 5.41) is 17.3. The van der Waals surface area contributed by atoms with Gasteiger partial charge in [-0.3, -0.25) is 0 Å². The van der Waals surface area contributed by atoms with Crippen molar-refractivity contribution in [1.82, 2.24) is 0 Å². The lowest BCUT2D eigenvalue weighted by atomic mass is 10.2. The fraction of sp³-hybridized carbons (Fsp3) is 0.250. The van der Waals surface area contributed by atoms with Crippen LogP contribution in [-0.4, -0.2) is 16.8 Å². The number of hydrogen-bond acceptors (Lipinski definition) is 2. The number of aliphatic hydroxyl groups excluding tert-OH is 1. The molecular weight excluding hydrogens is 128 g/mol. The molecule has 0 fully saturated rings. The van der Waals surface area contributed by atoms with Crippen molar-refractivity contribution in [3.63, 3.8) is 0 Å². The van der Waals surface area contributed by atoms with Crippen LogP contribution in [0.1, 0.15) is 5.56 Å². The molecule has 0 atom stereocenters. The second-order valence-electron chi connectivity index (χ2n) is 2.06. The minimum absolute atomic E-state index is 0.138. The largest absolute Gasteiger partial charge is 0.507 e. The van der Waals surface area contributed by atoms with Crippen LogP contribution < -0.4 is 0 Å². The molecule has 1 aromatic carbocycles. The quantitative estimate of drug-likeness (QED) is 0.630. The van der Waals surface area contributed by atoms with Crippen LogP contribution in [-0.2, 0) is 6.42 Å². The second-order valence-corrected chi connectivity index (χ2v) is 2.06. The topological polar surface area (TPSA) is 40.5 Å². The molecule has 0 heterocycles. The molecule has 0 aliphatic rings. The minimum atomic E-state index is 0.138. The van der Waals surface area contributed by atoms with Crippen molar-refractivity contribution in [2.45, 2.75) is 6.42 Å². The molecule has 0 saturated heterocycles. The summed E-state index contributed by atoms with van der Waals surface area (Å²) in [5.41, 5.74) is 0.986. The van der Waals surface area contributed by atoms with E-state index >= 15 is 0 Å². The maximum absolute atomic E-state index is 8.81. The van der Waals surface area contributed by atoms with Gasteiger partial charge in [0.05, 0.1) is 0 Å². The average molecular weight is 137 g/mol. The molecule has 0 bridgehead atoms. The lowest BCUT2D eigenvalue weighted by Gasteiger charge is -1.95. The van der Waals surface area contributed by atoms with E-state index in [1.54, 1.807) is 18.2 Å². The molecule has 0 aliphatic heterocycles. The van der Waals surface area contributed by atoms with Crippen molar-refractivity contribution >= 4 is 0 Å². The van der Waals surface area contributed by atoms with E-state index in [0.717, 1.165) is 5.56 Å². The molecule has 2 heteroatoms. The monoisotopic (exact) mass is 137 g/mol. The van der Waals surface area contributed by atoms with Crippen LogP contribution in [0, 0.1) is 6.07 Å². The molecule has 0 unspecified atom stereocenters. The van der Waals surface area contributed by atoms with E-state index in [0.29, 0.717) is 6.42 Å². The van der Waals surface area contributed by atoms with E-state index < -0.39 is 0 Å². The van der Waals surface area contributed by atoms with Crippen LogP contribution in [0.3, 0.4) is 0 Å². The van der Waals surface area contributed by atoms with Gasteiger partial charge in [0.25, 0.3) is 0 Å². The zero-order chi connectivity index (χ0) is 7.40. The highest BCUT2D eigenvalue weighted by Gasteiger charge is 1.90. The number of rotatable bonds is 2. The van der Waals surface area contributed by atoms with Gasteiger partial charge in [0, 0.05) is 12.7 Å². The predicted molar refractivity (Wildman–Crippen MR) is 37.7 cm³/mol. The molecule has 1 radical (unpaired) electrons. The Balaban J connectivity index is 2.69. The number of phenols is 1. The molecule has 0 amide bonds. The van der Waals surface area contributed by atoms with Gasteiger partial charge in [0.15, 0.2) is 0 Å². The molecule has 10 heavy (non-hydrogen) atoms. The SMILES string of the molecule is OCCc1c[c]c(O)cc1. The van der Waals surface area contributed by atoms with Gasteiger partial charge in [-0.15, -0.1) is 0 Å². The summed E-state index contributed by atoms with van der Waals surface area (Å²) in [7, 11) is 0. The summed E-state index contributed by atoms with van der Waals surface area (Å²) in [6.07, 6.45) is 0.622. The highest BCUT2D eigenvalue weighted by atomic mass is 16.3. The molecule has 0 aromatic heterocycles. The Bertz CT molecular complexity index is 191. The van der Waals surface area contributed by atoms with E-state index in [-0.39, 0.29) is 12.4 Å². The first-order chi connectivity index (χ1) is 4.83. The number of phenolic OH excluding ortho intramolecular Hbond substituents is 1. The Hall–Kier alpha value is -1.02. The van der Waals surface area contributed by atoms with Gasteiger partial charge in [-0.05, 0) is 24.1 Å². The normalized spacial score (nSPS) is 9.70. The van der Waals surface area contributed by atoms with Crippen molar-refractivity contribution in [3.05, 3.63) is 29.8 Å². The van der Waals surface area contributed by atoms with Crippen molar-refractivity contribution in [3.8, 4) is 5.75 Å². The highest BCUT2D eigenvalue weighted by Crippen LogP contribution is 2.08. The third-order valence-corrected chi connectivity index (χ3v) is 1.26. The molecule has 0 spiro atoms. The summed E-state index contributed by atoms with van der Waals surface area (Å²) in [4.78, 5) is 0. The first-order valence-corrected chi connectivity index (χ1v) is 3.13. The van der Waals surface area contributed by atoms with Gasteiger partial charge in [0.2, 0.25) is 0 Å². The smallest absolute Gasteiger partial charge is 0.123 e. The zero-order valence-electron chi connectivity index (χ0n) is 5.54. The fourth-order valence-corrected chi connectivity index (χ4v) is 0.733. The molecule has 0 saturated carbocycles. The maximum Gasteiger partial charge on any atom is 0.123 e. The van der Waals surface area contributed by atoms with E-state index in [4.69, 9.17) is 10.2 Å². The van der Waals surface area contributed by atoms with Crippen LogP contribution in [0.2, 0.25) is 0 Å². The van der Waals surface area contributed by atoms with E-state index in [1.807, 2.05) is 0 Å². The third kappa shape index (κ3) is 1.74. The number of aliphatic hydroxyl groups is 1. The number of aromatic hydroxyl groups is 1. The lowest BCUT2D eigenvalue weighted by molar-refractivity contribution is 0.299. The van der Waals surface area contributed by atoms with Crippen molar-refractivity contribution < 1.29 is 10.2 Å². The minimum Gasteiger partial charge on any atom is -0.507 e. The van der Waals surface area contributed by atoms with Crippen LogP contribution in [0.25, 0.3) is 0 Å². The van der Waals surface area contributed by atoms with Gasteiger partial charge in [-0.2, -0.15) is 0 Å². The summed E-state index contributed by atoms with van der Waals surface area (Å²) in [6, 6.07) is 7.63. The van der Waals surface area contributed by atoms with Crippen LogP contribution in [0.5, 0.6) is 5.75 Å². The van der Waals surface area contributed by atoms with Crippen molar-refractivity contribution in [2.24, 2.45) is 0 Å². The van der Waals surface area contributed by atoms with Gasteiger partial charge < -0.3 is 10.2 Å². The summed E-state index contributed by atoms with van der Waals surface area (Å²) in [5.74, 6) is 0.140. The average Bonchev–Trinajstić information content (AvgIpc) is 1.95. The highest BCUT2D eigenvalue weighted by molar-refractivity contribution is 5.24.